The van der Waals surface area contributed by atoms with Crippen molar-refractivity contribution in [2.45, 2.75) is 52.7 Å². The molecule has 0 saturated carbocycles. The Labute approximate surface area is 101 Å². The first-order chi connectivity index (χ1) is 7.63. The Morgan fingerprint density at radius 1 is 1.41 bits per heavy atom. The summed E-state index contributed by atoms with van der Waals surface area (Å²) >= 11 is 0. The van der Waals surface area contributed by atoms with Gasteiger partial charge in [0.05, 0.1) is 0 Å². The van der Waals surface area contributed by atoms with Crippen LogP contribution in [0.2, 0.25) is 0 Å². The minimum Gasteiger partial charge on any atom is -0.458 e. The maximum Gasteiger partial charge on any atom is 0.329 e. The van der Waals surface area contributed by atoms with E-state index in [1.165, 1.54) is 6.92 Å². The minimum atomic E-state index is -0.848. The first kappa shape index (κ1) is 13.7. The SMILES string of the molecule is CC1CC(=O)N(C(C)C(=O)OC(C)(C)C)C1=O. The number of nitrogens with zero attached hydrogens (tertiary/aromatic N) is 1. The molecule has 1 heterocycles. The van der Waals surface area contributed by atoms with Gasteiger partial charge in [-0.15, -0.1) is 0 Å². The van der Waals surface area contributed by atoms with Crippen LogP contribution in [0.1, 0.15) is 41.0 Å². The van der Waals surface area contributed by atoms with Crippen molar-refractivity contribution in [2.75, 3.05) is 0 Å². The Bertz CT molecular complexity index is 356. The van der Waals surface area contributed by atoms with Gasteiger partial charge in [-0.05, 0) is 27.7 Å². The van der Waals surface area contributed by atoms with E-state index in [1.54, 1.807) is 27.7 Å². The Hall–Kier alpha value is -1.39. The number of ether oxygens (including phenoxy) is 1. The number of amides is 2. The van der Waals surface area contributed by atoms with E-state index in [0.29, 0.717) is 0 Å². The molecule has 0 aromatic carbocycles. The molecule has 1 aliphatic heterocycles. The molecule has 1 rings (SSSR count). The van der Waals surface area contributed by atoms with Crippen LogP contribution < -0.4 is 0 Å². The summed E-state index contributed by atoms with van der Waals surface area (Å²) in [6.07, 6.45) is 0.173. The molecule has 2 amide bonds. The molecular formula is C12H19NO4. The van der Waals surface area contributed by atoms with Crippen LogP contribution in [0.4, 0.5) is 0 Å². The number of rotatable bonds is 2. The number of carbonyl (C=O) groups is 3. The smallest absolute Gasteiger partial charge is 0.329 e. The van der Waals surface area contributed by atoms with E-state index in [-0.39, 0.29) is 24.2 Å². The molecule has 0 aliphatic carbocycles. The second kappa shape index (κ2) is 4.47. The third kappa shape index (κ3) is 3.05. The summed E-state index contributed by atoms with van der Waals surface area (Å²) in [7, 11) is 0. The fourth-order valence-corrected chi connectivity index (χ4v) is 1.71. The van der Waals surface area contributed by atoms with Gasteiger partial charge in [0.25, 0.3) is 0 Å². The molecule has 1 fully saturated rings. The van der Waals surface area contributed by atoms with Gasteiger partial charge in [0, 0.05) is 12.3 Å². The monoisotopic (exact) mass is 241 g/mol. The van der Waals surface area contributed by atoms with Crippen LogP contribution in [0.3, 0.4) is 0 Å². The molecule has 0 bridgehead atoms. The Balaban J connectivity index is 2.77. The number of hydrogen-bond acceptors (Lipinski definition) is 4. The molecule has 0 aromatic heterocycles. The van der Waals surface area contributed by atoms with E-state index < -0.39 is 17.6 Å². The van der Waals surface area contributed by atoms with Crippen molar-refractivity contribution in [2.24, 2.45) is 5.92 Å². The predicted molar refractivity (Wildman–Crippen MR) is 60.9 cm³/mol. The van der Waals surface area contributed by atoms with Gasteiger partial charge < -0.3 is 4.74 Å². The summed E-state index contributed by atoms with van der Waals surface area (Å²) in [5.74, 6) is -1.49. The highest BCUT2D eigenvalue weighted by Crippen LogP contribution is 2.22. The van der Waals surface area contributed by atoms with Crippen LogP contribution in [0.15, 0.2) is 0 Å². The zero-order chi connectivity index (χ0) is 13.4. The van der Waals surface area contributed by atoms with Gasteiger partial charge in [-0.1, -0.05) is 6.92 Å². The molecule has 5 nitrogen and oxygen atoms in total. The zero-order valence-corrected chi connectivity index (χ0v) is 10.9. The van der Waals surface area contributed by atoms with E-state index in [1.807, 2.05) is 0 Å². The lowest BCUT2D eigenvalue weighted by Gasteiger charge is -2.26. The van der Waals surface area contributed by atoms with Crippen molar-refractivity contribution >= 4 is 17.8 Å². The van der Waals surface area contributed by atoms with E-state index in [4.69, 9.17) is 4.74 Å². The average molecular weight is 241 g/mol. The van der Waals surface area contributed by atoms with Crippen molar-refractivity contribution in [3.05, 3.63) is 0 Å². The molecular weight excluding hydrogens is 222 g/mol. The van der Waals surface area contributed by atoms with Crippen LogP contribution >= 0.6 is 0 Å². The predicted octanol–water partition coefficient (Wildman–Crippen LogP) is 1.11. The number of imide groups is 1. The van der Waals surface area contributed by atoms with Gasteiger partial charge in [-0.25, -0.2) is 4.79 Å². The quantitative estimate of drug-likeness (QED) is 0.536. The highest BCUT2D eigenvalue weighted by molar-refractivity contribution is 6.06. The third-order valence-electron chi connectivity index (χ3n) is 2.54. The van der Waals surface area contributed by atoms with Gasteiger partial charge in [0.2, 0.25) is 11.8 Å². The second-order valence-corrected chi connectivity index (χ2v) is 5.42. The van der Waals surface area contributed by atoms with E-state index >= 15 is 0 Å². The molecule has 0 spiro atoms. The summed E-state index contributed by atoms with van der Waals surface area (Å²) in [5, 5.41) is 0. The lowest BCUT2D eigenvalue weighted by atomic mass is 10.1. The van der Waals surface area contributed by atoms with Crippen molar-refractivity contribution in [3.8, 4) is 0 Å². The van der Waals surface area contributed by atoms with Crippen LogP contribution in [0.5, 0.6) is 0 Å². The number of carbonyl (C=O) groups excluding carboxylic acids is 3. The molecule has 5 heteroatoms. The normalized spacial score (nSPS) is 22.9. The van der Waals surface area contributed by atoms with Gasteiger partial charge in [-0.3, -0.25) is 14.5 Å². The molecule has 0 radical (unpaired) electrons. The summed E-state index contributed by atoms with van der Waals surface area (Å²) < 4.78 is 5.16. The zero-order valence-electron chi connectivity index (χ0n) is 10.9. The minimum absolute atomic E-state index is 0.173. The fourth-order valence-electron chi connectivity index (χ4n) is 1.71. The van der Waals surface area contributed by atoms with Gasteiger partial charge >= 0.3 is 5.97 Å². The number of hydrogen-bond donors (Lipinski definition) is 0. The molecule has 0 N–H and O–H groups in total. The third-order valence-corrected chi connectivity index (χ3v) is 2.54. The van der Waals surface area contributed by atoms with Crippen molar-refractivity contribution in [1.82, 2.24) is 4.90 Å². The summed E-state index contributed by atoms with van der Waals surface area (Å²) in [4.78, 5) is 36.1. The van der Waals surface area contributed by atoms with E-state index in [9.17, 15) is 14.4 Å². The largest absolute Gasteiger partial charge is 0.458 e. The second-order valence-electron chi connectivity index (χ2n) is 5.42. The maximum absolute atomic E-state index is 11.8. The lowest BCUT2D eigenvalue weighted by molar-refractivity contribution is -0.166. The van der Waals surface area contributed by atoms with Crippen LogP contribution in [-0.4, -0.2) is 34.3 Å². The van der Waals surface area contributed by atoms with Crippen molar-refractivity contribution in [3.63, 3.8) is 0 Å². The Morgan fingerprint density at radius 2 is 1.94 bits per heavy atom. The molecule has 96 valence electrons. The molecule has 2 atom stereocenters. The topological polar surface area (TPSA) is 63.7 Å². The van der Waals surface area contributed by atoms with Crippen LogP contribution in [-0.2, 0) is 19.1 Å². The number of likely N-dealkylation sites (tertiary alicyclic amines) is 1. The maximum atomic E-state index is 11.8. The van der Waals surface area contributed by atoms with Gasteiger partial charge in [0.15, 0.2) is 0 Å². The molecule has 2 unspecified atom stereocenters. The summed E-state index contributed by atoms with van der Waals surface area (Å²) in [6.45, 7) is 8.43. The number of esters is 1. The van der Waals surface area contributed by atoms with Crippen LogP contribution in [0.25, 0.3) is 0 Å². The highest BCUT2D eigenvalue weighted by atomic mass is 16.6. The van der Waals surface area contributed by atoms with E-state index in [0.717, 1.165) is 4.90 Å². The summed E-state index contributed by atoms with van der Waals surface area (Å²) in [5.41, 5.74) is -0.622. The Morgan fingerprint density at radius 3 is 2.29 bits per heavy atom. The van der Waals surface area contributed by atoms with Crippen molar-refractivity contribution < 1.29 is 19.1 Å². The van der Waals surface area contributed by atoms with Crippen LogP contribution in [0, 0.1) is 5.92 Å². The van der Waals surface area contributed by atoms with E-state index in [2.05, 4.69) is 0 Å². The molecule has 1 aliphatic rings. The van der Waals surface area contributed by atoms with Gasteiger partial charge in [-0.2, -0.15) is 0 Å². The van der Waals surface area contributed by atoms with Crippen molar-refractivity contribution in [1.29, 1.82) is 0 Å². The highest BCUT2D eigenvalue weighted by Gasteiger charge is 2.42. The lowest BCUT2D eigenvalue weighted by Crippen LogP contribution is -2.45. The average Bonchev–Trinajstić information content (AvgIpc) is 2.37. The first-order valence-corrected chi connectivity index (χ1v) is 5.72. The first-order valence-electron chi connectivity index (χ1n) is 5.72. The van der Waals surface area contributed by atoms with Gasteiger partial charge in [0.1, 0.15) is 11.6 Å². The molecule has 17 heavy (non-hydrogen) atoms. The standard InChI is InChI=1S/C12H19NO4/c1-7-6-9(14)13(10(7)15)8(2)11(16)17-12(3,4)5/h7-8H,6H2,1-5H3. The fraction of sp³-hybridized carbons (Fsp3) is 0.750. The summed E-state index contributed by atoms with van der Waals surface area (Å²) in [6, 6.07) is -0.848. The molecule has 1 saturated heterocycles. The molecule has 0 aromatic rings. The Kier molecular flexibility index (Phi) is 3.59.